The first kappa shape index (κ1) is 20.2. The summed E-state index contributed by atoms with van der Waals surface area (Å²) >= 11 is 0. The molecule has 1 aliphatic rings. The molecule has 1 fully saturated rings. The van der Waals surface area contributed by atoms with Crippen LogP contribution in [0.2, 0.25) is 0 Å². The summed E-state index contributed by atoms with van der Waals surface area (Å²) in [5, 5.41) is 0. The highest BCUT2D eigenvalue weighted by molar-refractivity contribution is 5.91. The zero-order valence-corrected chi connectivity index (χ0v) is 15.7. The predicted molar refractivity (Wildman–Crippen MR) is 103 cm³/mol. The lowest BCUT2D eigenvalue weighted by molar-refractivity contribution is -0.123. The molecular weight excluding hydrogens is 328 g/mol. The number of piperidine rings is 1. The van der Waals surface area contributed by atoms with E-state index in [9.17, 15) is 9.59 Å². The summed E-state index contributed by atoms with van der Waals surface area (Å²) in [6.07, 6.45) is 8.98. The monoisotopic (exact) mass is 358 g/mol. The van der Waals surface area contributed by atoms with Crippen LogP contribution in [0.1, 0.15) is 48.5 Å². The van der Waals surface area contributed by atoms with Crippen molar-refractivity contribution in [3.63, 3.8) is 0 Å². The molecule has 0 unspecified atom stereocenters. The Morgan fingerprint density at radius 2 is 1.96 bits per heavy atom. The Bertz CT molecular complexity index is 619. The van der Waals surface area contributed by atoms with Gasteiger partial charge in [0.15, 0.2) is 0 Å². The van der Waals surface area contributed by atoms with Crippen LogP contribution in [-0.4, -0.2) is 43.0 Å². The van der Waals surface area contributed by atoms with Gasteiger partial charge in [-0.3, -0.25) is 9.69 Å². The van der Waals surface area contributed by atoms with Gasteiger partial charge in [-0.25, -0.2) is 4.79 Å². The topological polar surface area (TPSA) is 72.6 Å². The van der Waals surface area contributed by atoms with Crippen molar-refractivity contribution >= 4 is 11.9 Å². The number of unbranched alkanes of at least 4 members (excludes halogenated alkanes) is 1. The van der Waals surface area contributed by atoms with Gasteiger partial charge in [-0.15, -0.1) is 0 Å². The molecule has 2 rings (SSSR count). The molecule has 1 aromatic carbocycles. The van der Waals surface area contributed by atoms with Crippen LogP contribution in [0.25, 0.3) is 0 Å². The number of rotatable bonds is 9. The van der Waals surface area contributed by atoms with Crippen LogP contribution in [0.5, 0.6) is 0 Å². The molecule has 0 spiro atoms. The molecule has 1 aromatic rings. The normalized spacial score (nSPS) is 16.0. The third kappa shape index (κ3) is 6.30. The minimum Gasteiger partial charge on any atom is -0.462 e. The number of benzene rings is 1. The van der Waals surface area contributed by atoms with E-state index < -0.39 is 0 Å². The number of primary amides is 1. The number of allylic oxidation sites excluding steroid dienone is 1. The molecule has 26 heavy (non-hydrogen) atoms. The average Bonchev–Trinajstić information content (AvgIpc) is 2.65. The number of carbonyl (C=O) groups excluding carboxylic acids is 2. The molecule has 1 saturated heterocycles. The van der Waals surface area contributed by atoms with Gasteiger partial charge < -0.3 is 10.5 Å². The van der Waals surface area contributed by atoms with Gasteiger partial charge in [-0.1, -0.05) is 30.4 Å². The fourth-order valence-corrected chi connectivity index (χ4v) is 3.30. The molecule has 5 nitrogen and oxygen atoms in total. The smallest absolute Gasteiger partial charge is 0.338 e. The molecule has 0 bridgehead atoms. The van der Waals surface area contributed by atoms with Crippen molar-refractivity contribution in [2.24, 2.45) is 11.7 Å². The van der Waals surface area contributed by atoms with Crippen LogP contribution < -0.4 is 5.73 Å². The van der Waals surface area contributed by atoms with E-state index >= 15 is 0 Å². The van der Waals surface area contributed by atoms with Crippen LogP contribution in [0.15, 0.2) is 36.4 Å². The second kappa shape index (κ2) is 10.8. The van der Waals surface area contributed by atoms with Gasteiger partial charge in [0.05, 0.1) is 12.2 Å². The van der Waals surface area contributed by atoms with Crippen molar-refractivity contribution in [2.45, 2.75) is 39.0 Å². The maximum absolute atomic E-state index is 12.0. The van der Waals surface area contributed by atoms with Gasteiger partial charge in [0.2, 0.25) is 5.91 Å². The lowest BCUT2D eigenvalue weighted by Gasteiger charge is -2.29. The molecule has 0 atom stereocenters. The van der Waals surface area contributed by atoms with Crippen molar-refractivity contribution < 1.29 is 14.3 Å². The summed E-state index contributed by atoms with van der Waals surface area (Å²) in [5.41, 5.74) is 7.09. The summed E-state index contributed by atoms with van der Waals surface area (Å²) in [6.45, 7) is 5.01. The van der Waals surface area contributed by atoms with E-state index in [0.717, 1.165) is 57.3 Å². The van der Waals surface area contributed by atoms with E-state index in [1.807, 2.05) is 31.2 Å². The summed E-state index contributed by atoms with van der Waals surface area (Å²) in [6, 6.07) is 7.67. The second-order valence-electron chi connectivity index (χ2n) is 6.72. The van der Waals surface area contributed by atoms with Crippen molar-refractivity contribution in [3.8, 4) is 0 Å². The molecule has 1 amide bonds. The van der Waals surface area contributed by atoms with E-state index in [2.05, 4.69) is 17.1 Å². The number of aryl methyl sites for hydroxylation is 1. The lowest BCUT2D eigenvalue weighted by atomic mass is 9.96. The number of esters is 1. The van der Waals surface area contributed by atoms with Crippen LogP contribution >= 0.6 is 0 Å². The van der Waals surface area contributed by atoms with Gasteiger partial charge in [-0.2, -0.15) is 0 Å². The number of likely N-dealkylation sites (tertiary alicyclic amines) is 1. The molecule has 1 heterocycles. The summed E-state index contributed by atoms with van der Waals surface area (Å²) in [4.78, 5) is 25.5. The predicted octanol–water partition coefficient (Wildman–Crippen LogP) is 2.94. The fourth-order valence-electron chi connectivity index (χ4n) is 3.30. The average molecular weight is 358 g/mol. The van der Waals surface area contributed by atoms with Gasteiger partial charge in [-0.05, 0) is 63.7 Å². The Balaban J connectivity index is 1.69. The second-order valence-corrected chi connectivity index (χ2v) is 6.72. The van der Waals surface area contributed by atoms with E-state index in [-0.39, 0.29) is 17.8 Å². The Hall–Kier alpha value is -2.14. The highest BCUT2D eigenvalue weighted by Crippen LogP contribution is 2.17. The zero-order chi connectivity index (χ0) is 18.8. The molecule has 0 saturated carbocycles. The van der Waals surface area contributed by atoms with E-state index in [1.165, 1.54) is 0 Å². The van der Waals surface area contributed by atoms with Crippen molar-refractivity contribution in [1.82, 2.24) is 4.90 Å². The minimum absolute atomic E-state index is 0.0506. The first-order chi connectivity index (χ1) is 12.6. The molecule has 5 heteroatoms. The van der Waals surface area contributed by atoms with E-state index in [0.29, 0.717) is 12.2 Å². The highest BCUT2D eigenvalue weighted by atomic mass is 16.5. The fraction of sp³-hybridized carbons (Fsp3) is 0.524. The number of carbonyl (C=O) groups is 2. The third-order valence-electron chi connectivity index (χ3n) is 4.85. The van der Waals surface area contributed by atoms with Crippen molar-refractivity contribution in [1.29, 1.82) is 0 Å². The molecule has 142 valence electrons. The minimum atomic E-state index is -0.238. The number of hydrogen-bond donors (Lipinski definition) is 1. The van der Waals surface area contributed by atoms with Gasteiger partial charge in [0.25, 0.3) is 0 Å². The number of nitrogens with two attached hydrogens (primary N) is 1. The third-order valence-corrected chi connectivity index (χ3v) is 4.85. The zero-order valence-electron chi connectivity index (χ0n) is 15.7. The maximum Gasteiger partial charge on any atom is 0.338 e. The quantitative estimate of drug-likeness (QED) is 0.418. The summed E-state index contributed by atoms with van der Waals surface area (Å²) in [5.74, 6) is -0.351. The first-order valence-electron chi connectivity index (χ1n) is 9.53. The van der Waals surface area contributed by atoms with Crippen LogP contribution in [-0.2, 0) is 16.0 Å². The lowest BCUT2D eigenvalue weighted by Crippen LogP contribution is -2.38. The largest absolute Gasteiger partial charge is 0.462 e. The summed E-state index contributed by atoms with van der Waals surface area (Å²) < 4.78 is 5.12. The molecule has 0 aromatic heterocycles. The highest BCUT2D eigenvalue weighted by Gasteiger charge is 2.22. The van der Waals surface area contributed by atoms with E-state index in [4.69, 9.17) is 10.5 Å². The standard InChI is InChI=1S/C21H30N2O3/c1-2-26-21(25)19-11-7-6-10-17(19)9-5-3-4-8-14-23-15-12-18(13-16-23)20(22)24/h4,6-8,10-11,18H,2-3,5,9,12-16H2,1H3,(H2,22,24)/b8-4+. The molecular formula is C21H30N2O3. The Labute approximate surface area is 156 Å². The number of ether oxygens (including phenoxy) is 1. The summed E-state index contributed by atoms with van der Waals surface area (Å²) in [7, 11) is 0. The van der Waals surface area contributed by atoms with Crippen LogP contribution in [0.4, 0.5) is 0 Å². The van der Waals surface area contributed by atoms with Crippen molar-refractivity contribution in [2.75, 3.05) is 26.2 Å². The SMILES string of the molecule is CCOC(=O)c1ccccc1CCC/C=C/CN1CCC(C(N)=O)CC1. The van der Waals surface area contributed by atoms with Gasteiger partial charge in [0.1, 0.15) is 0 Å². The van der Waals surface area contributed by atoms with Crippen molar-refractivity contribution in [3.05, 3.63) is 47.5 Å². The number of nitrogens with zero attached hydrogens (tertiary/aromatic N) is 1. The Morgan fingerprint density at radius 1 is 1.23 bits per heavy atom. The molecule has 2 N–H and O–H groups in total. The Kier molecular flexibility index (Phi) is 8.35. The Morgan fingerprint density at radius 3 is 2.65 bits per heavy atom. The van der Waals surface area contributed by atoms with Gasteiger partial charge >= 0.3 is 5.97 Å². The number of hydrogen-bond acceptors (Lipinski definition) is 4. The molecule has 0 radical (unpaired) electrons. The molecule has 1 aliphatic heterocycles. The van der Waals surface area contributed by atoms with Crippen LogP contribution in [0, 0.1) is 5.92 Å². The first-order valence-corrected chi connectivity index (χ1v) is 9.53. The van der Waals surface area contributed by atoms with Crippen LogP contribution in [0.3, 0.4) is 0 Å². The molecule has 0 aliphatic carbocycles. The van der Waals surface area contributed by atoms with E-state index in [1.54, 1.807) is 0 Å². The maximum atomic E-state index is 12.0. The number of amides is 1. The van der Waals surface area contributed by atoms with Gasteiger partial charge in [0, 0.05) is 12.5 Å².